The van der Waals surface area contributed by atoms with E-state index in [0.29, 0.717) is 23.0 Å². The second-order valence-corrected chi connectivity index (χ2v) is 7.21. The van der Waals surface area contributed by atoms with Crippen molar-refractivity contribution in [3.8, 4) is 11.5 Å². The van der Waals surface area contributed by atoms with Gasteiger partial charge in [0.1, 0.15) is 17.6 Å². The van der Waals surface area contributed by atoms with Crippen LogP contribution in [0.15, 0.2) is 47.5 Å². The van der Waals surface area contributed by atoms with Crippen molar-refractivity contribution in [2.75, 3.05) is 51.8 Å². The first-order valence-electron chi connectivity index (χ1n) is 9.47. The molecule has 2 aromatic rings. The number of guanidine groups is 1. The van der Waals surface area contributed by atoms with Crippen LogP contribution in [0.2, 0.25) is 5.02 Å². The quantitative estimate of drug-likeness (QED) is 0.329. The van der Waals surface area contributed by atoms with Gasteiger partial charge in [0.2, 0.25) is 0 Å². The Kier molecular flexibility index (Phi) is 9.32. The Morgan fingerprint density at radius 3 is 2.37 bits per heavy atom. The molecule has 30 heavy (non-hydrogen) atoms. The maximum absolute atomic E-state index is 10.6. The molecule has 1 aliphatic heterocycles. The predicted molar refractivity (Wildman–Crippen MR) is 132 cm³/mol. The van der Waals surface area contributed by atoms with Gasteiger partial charge in [-0.25, -0.2) is 0 Å². The van der Waals surface area contributed by atoms with E-state index in [1.807, 2.05) is 29.2 Å². The van der Waals surface area contributed by atoms with Crippen LogP contribution >= 0.6 is 35.6 Å². The molecule has 0 bridgehead atoms. The molecule has 3 rings (SSSR count). The standard InChI is InChI=1S/C21H27ClN4O3.HI/c1-28-17-7-8-20(29-2)18(13-17)19(27)14-24-21(23)26-11-9-25(10-12-26)16-5-3-15(22)4-6-16;/h3-8,13,19,27H,9-12,14H2,1-2H3,(H2,23,24);1H. The molecular weight excluding hydrogens is 519 g/mol. The van der Waals surface area contributed by atoms with Crippen molar-refractivity contribution in [3.63, 3.8) is 0 Å². The number of methoxy groups -OCH3 is 2. The summed E-state index contributed by atoms with van der Waals surface area (Å²) >= 11 is 5.96. The van der Waals surface area contributed by atoms with Crippen LogP contribution < -0.4 is 20.1 Å². The summed E-state index contributed by atoms with van der Waals surface area (Å²) in [6, 6.07) is 13.1. The van der Waals surface area contributed by atoms with Gasteiger partial charge < -0.3 is 30.1 Å². The predicted octanol–water partition coefficient (Wildman–Crippen LogP) is 3.15. The number of rotatable bonds is 6. The Bertz CT molecular complexity index is 843. The van der Waals surface area contributed by atoms with Gasteiger partial charge in [0.15, 0.2) is 5.96 Å². The number of halogens is 2. The minimum absolute atomic E-state index is 0. The smallest absolute Gasteiger partial charge is 0.191 e. The summed E-state index contributed by atoms with van der Waals surface area (Å²) in [4.78, 5) is 8.72. The zero-order valence-corrected chi connectivity index (χ0v) is 20.2. The summed E-state index contributed by atoms with van der Waals surface area (Å²) in [5, 5.41) is 11.3. The van der Waals surface area contributed by atoms with Gasteiger partial charge in [0.05, 0.1) is 20.8 Å². The highest BCUT2D eigenvalue weighted by molar-refractivity contribution is 14.0. The second-order valence-electron chi connectivity index (χ2n) is 6.77. The third kappa shape index (κ3) is 6.05. The molecule has 164 valence electrons. The Morgan fingerprint density at radius 1 is 1.10 bits per heavy atom. The number of hydrogen-bond donors (Lipinski definition) is 2. The van der Waals surface area contributed by atoms with Gasteiger partial charge in [-0.3, -0.25) is 4.99 Å². The lowest BCUT2D eigenvalue weighted by molar-refractivity contribution is 0.181. The number of aliphatic imine (C=N–C) groups is 1. The van der Waals surface area contributed by atoms with Crippen molar-refractivity contribution < 1.29 is 14.6 Å². The molecule has 1 fully saturated rings. The van der Waals surface area contributed by atoms with Crippen LogP contribution in [0.5, 0.6) is 11.5 Å². The number of ether oxygens (including phenoxy) is 2. The molecular formula is C21H28ClIN4O3. The minimum atomic E-state index is -0.839. The SMILES string of the molecule is COc1ccc(OC)c(C(O)CN=C(N)N2CCN(c3ccc(Cl)cc3)CC2)c1.I. The summed E-state index contributed by atoms with van der Waals surface area (Å²) < 4.78 is 10.6. The average Bonchev–Trinajstić information content (AvgIpc) is 2.77. The first-order valence-corrected chi connectivity index (χ1v) is 9.85. The van der Waals surface area contributed by atoms with Crippen molar-refractivity contribution >= 4 is 47.2 Å². The van der Waals surface area contributed by atoms with E-state index in [9.17, 15) is 5.11 Å². The van der Waals surface area contributed by atoms with Gasteiger partial charge in [-0.05, 0) is 42.5 Å². The molecule has 2 aromatic carbocycles. The third-order valence-corrected chi connectivity index (χ3v) is 5.27. The van der Waals surface area contributed by atoms with E-state index in [-0.39, 0.29) is 30.5 Å². The van der Waals surface area contributed by atoms with Crippen LogP contribution in [0.1, 0.15) is 11.7 Å². The lowest BCUT2D eigenvalue weighted by Crippen LogP contribution is -2.51. The number of aliphatic hydroxyl groups is 1. The molecule has 0 aliphatic carbocycles. The Morgan fingerprint density at radius 2 is 1.77 bits per heavy atom. The number of anilines is 1. The van der Waals surface area contributed by atoms with Gasteiger partial charge in [0, 0.05) is 42.5 Å². The summed E-state index contributed by atoms with van der Waals surface area (Å²) in [6.45, 7) is 3.34. The fourth-order valence-electron chi connectivity index (χ4n) is 3.32. The normalized spacial score (nSPS) is 15.4. The molecule has 1 aliphatic rings. The molecule has 1 saturated heterocycles. The Labute approximate surface area is 199 Å². The molecule has 3 N–H and O–H groups in total. The van der Waals surface area contributed by atoms with Crippen molar-refractivity contribution in [2.45, 2.75) is 6.10 Å². The van der Waals surface area contributed by atoms with E-state index in [4.69, 9.17) is 26.8 Å². The molecule has 0 spiro atoms. The highest BCUT2D eigenvalue weighted by Crippen LogP contribution is 2.29. The number of hydrogen-bond acceptors (Lipinski definition) is 5. The largest absolute Gasteiger partial charge is 0.497 e. The van der Waals surface area contributed by atoms with E-state index in [2.05, 4.69) is 9.89 Å². The minimum Gasteiger partial charge on any atom is -0.497 e. The van der Waals surface area contributed by atoms with Crippen LogP contribution in [-0.2, 0) is 0 Å². The van der Waals surface area contributed by atoms with Crippen LogP contribution in [0.4, 0.5) is 5.69 Å². The third-order valence-electron chi connectivity index (χ3n) is 5.02. The second kappa shape index (κ2) is 11.5. The van der Waals surface area contributed by atoms with E-state index in [1.165, 1.54) is 0 Å². The average molecular weight is 547 g/mol. The van der Waals surface area contributed by atoms with E-state index in [0.717, 1.165) is 36.9 Å². The van der Waals surface area contributed by atoms with Gasteiger partial charge in [-0.2, -0.15) is 0 Å². The topological polar surface area (TPSA) is 83.5 Å². The van der Waals surface area contributed by atoms with Gasteiger partial charge >= 0.3 is 0 Å². The summed E-state index contributed by atoms with van der Waals surface area (Å²) in [7, 11) is 3.15. The maximum atomic E-state index is 10.6. The summed E-state index contributed by atoms with van der Waals surface area (Å²) in [5.74, 6) is 1.67. The summed E-state index contributed by atoms with van der Waals surface area (Å²) in [6.07, 6.45) is -0.839. The van der Waals surface area contributed by atoms with Gasteiger partial charge in [0.25, 0.3) is 0 Å². The molecule has 0 saturated carbocycles. The Balaban J connectivity index is 0.00000320. The van der Waals surface area contributed by atoms with Crippen LogP contribution in [0.3, 0.4) is 0 Å². The molecule has 0 aromatic heterocycles. The first kappa shape index (κ1) is 24.4. The molecule has 0 amide bonds. The van der Waals surface area contributed by atoms with Crippen molar-refractivity contribution in [1.29, 1.82) is 0 Å². The van der Waals surface area contributed by atoms with Crippen molar-refractivity contribution in [3.05, 3.63) is 53.1 Å². The monoisotopic (exact) mass is 546 g/mol. The molecule has 0 radical (unpaired) electrons. The highest BCUT2D eigenvalue weighted by Gasteiger charge is 2.20. The molecule has 1 atom stereocenters. The van der Waals surface area contributed by atoms with Gasteiger partial charge in [-0.15, -0.1) is 24.0 Å². The lowest BCUT2D eigenvalue weighted by atomic mass is 10.1. The number of nitrogens with two attached hydrogens (primary N) is 1. The fourth-order valence-corrected chi connectivity index (χ4v) is 3.45. The molecule has 7 nitrogen and oxygen atoms in total. The molecule has 1 heterocycles. The maximum Gasteiger partial charge on any atom is 0.191 e. The highest BCUT2D eigenvalue weighted by atomic mass is 127. The zero-order chi connectivity index (χ0) is 20.8. The summed E-state index contributed by atoms with van der Waals surface area (Å²) in [5.41, 5.74) is 7.94. The van der Waals surface area contributed by atoms with Crippen molar-refractivity contribution in [2.24, 2.45) is 10.7 Å². The lowest BCUT2D eigenvalue weighted by Gasteiger charge is -2.36. The fraction of sp³-hybridized carbons (Fsp3) is 0.381. The number of nitrogens with zero attached hydrogens (tertiary/aromatic N) is 3. The molecule has 1 unspecified atom stereocenters. The van der Waals surface area contributed by atoms with Crippen LogP contribution in [0, 0.1) is 0 Å². The zero-order valence-electron chi connectivity index (χ0n) is 17.1. The molecule has 9 heteroatoms. The van der Waals surface area contributed by atoms with E-state index < -0.39 is 6.10 Å². The van der Waals surface area contributed by atoms with Crippen molar-refractivity contribution in [1.82, 2.24) is 4.90 Å². The van der Waals surface area contributed by atoms with E-state index in [1.54, 1.807) is 32.4 Å². The van der Waals surface area contributed by atoms with Crippen LogP contribution in [-0.4, -0.2) is 62.9 Å². The Hall–Kier alpha value is -1.91. The van der Waals surface area contributed by atoms with Crippen LogP contribution in [0.25, 0.3) is 0 Å². The number of piperazine rings is 1. The van der Waals surface area contributed by atoms with E-state index >= 15 is 0 Å². The van der Waals surface area contributed by atoms with Gasteiger partial charge in [-0.1, -0.05) is 11.6 Å². The number of benzene rings is 2. The number of aliphatic hydroxyl groups excluding tert-OH is 1. The first-order chi connectivity index (χ1) is 14.0.